The molecule has 0 fully saturated rings. The highest BCUT2D eigenvalue weighted by atomic mass is 79.9. The van der Waals surface area contributed by atoms with Gasteiger partial charge >= 0.3 is 0 Å². The van der Waals surface area contributed by atoms with Crippen molar-refractivity contribution < 1.29 is 0 Å². The molecule has 2 nitrogen and oxygen atoms in total. The monoisotopic (exact) mass is 430 g/mol. The molecule has 0 amide bonds. The third-order valence-electron chi connectivity index (χ3n) is 4.74. The first-order chi connectivity index (χ1) is 12.3. The average Bonchev–Trinajstić information content (AvgIpc) is 2.58. The predicted molar refractivity (Wildman–Crippen MR) is 118 cm³/mol. The third kappa shape index (κ3) is 3.74. The number of hydrogen-bond donors (Lipinski definition) is 0. The van der Waals surface area contributed by atoms with Crippen LogP contribution >= 0.6 is 27.5 Å². The second-order valence-electron chi connectivity index (χ2n) is 7.23. The SMILES string of the molecule is CCCN1c2cc(Cl)c(C=Nc3ccccc3Br)cc2C(C)=CC1(C)C. The molecular weight excluding hydrogens is 408 g/mol. The lowest BCUT2D eigenvalue weighted by molar-refractivity contribution is 0.550. The second kappa shape index (κ2) is 7.58. The van der Waals surface area contributed by atoms with E-state index in [4.69, 9.17) is 11.6 Å². The van der Waals surface area contributed by atoms with Crippen molar-refractivity contribution in [3.63, 3.8) is 0 Å². The van der Waals surface area contributed by atoms with Crippen LogP contribution in [0.15, 0.2) is 51.9 Å². The Labute approximate surface area is 169 Å². The van der Waals surface area contributed by atoms with E-state index in [1.807, 2.05) is 30.5 Å². The van der Waals surface area contributed by atoms with Gasteiger partial charge in [0.2, 0.25) is 0 Å². The number of nitrogens with zero attached hydrogens (tertiary/aromatic N) is 2. The van der Waals surface area contributed by atoms with Crippen LogP contribution in [0.5, 0.6) is 0 Å². The number of benzene rings is 2. The molecule has 0 spiro atoms. The van der Waals surface area contributed by atoms with Gasteiger partial charge in [0.25, 0.3) is 0 Å². The summed E-state index contributed by atoms with van der Waals surface area (Å²) in [6.45, 7) is 9.90. The van der Waals surface area contributed by atoms with Crippen molar-refractivity contribution >= 4 is 50.7 Å². The topological polar surface area (TPSA) is 15.6 Å². The van der Waals surface area contributed by atoms with Crippen LogP contribution in [0, 0.1) is 0 Å². The maximum Gasteiger partial charge on any atom is 0.0771 e. The minimum absolute atomic E-state index is 0.0130. The summed E-state index contributed by atoms with van der Waals surface area (Å²) in [4.78, 5) is 7.05. The van der Waals surface area contributed by atoms with Crippen LogP contribution < -0.4 is 4.90 Å². The third-order valence-corrected chi connectivity index (χ3v) is 5.74. The number of hydrogen-bond acceptors (Lipinski definition) is 2. The first kappa shape index (κ1) is 19.2. The molecule has 0 bridgehead atoms. The molecule has 0 atom stereocenters. The Morgan fingerprint density at radius 1 is 1.23 bits per heavy atom. The summed E-state index contributed by atoms with van der Waals surface area (Å²) in [5.74, 6) is 0. The van der Waals surface area contributed by atoms with E-state index in [2.05, 4.69) is 71.7 Å². The van der Waals surface area contributed by atoms with Crippen molar-refractivity contribution in [2.75, 3.05) is 11.4 Å². The molecule has 1 heterocycles. The van der Waals surface area contributed by atoms with Crippen molar-refractivity contribution in [2.24, 2.45) is 4.99 Å². The molecule has 0 aliphatic carbocycles. The lowest BCUT2D eigenvalue weighted by Crippen LogP contribution is -2.45. The van der Waals surface area contributed by atoms with E-state index in [9.17, 15) is 0 Å². The molecule has 0 saturated carbocycles. The molecule has 0 unspecified atom stereocenters. The fraction of sp³-hybridized carbons (Fsp3) is 0.318. The molecule has 1 aliphatic rings. The highest BCUT2D eigenvalue weighted by molar-refractivity contribution is 9.10. The molecule has 0 aromatic heterocycles. The van der Waals surface area contributed by atoms with E-state index in [0.29, 0.717) is 0 Å². The molecule has 26 heavy (non-hydrogen) atoms. The molecule has 2 aromatic rings. The molecular formula is C22H24BrClN2. The van der Waals surface area contributed by atoms with E-state index in [-0.39, 0.29) is 5.54 Å². The number of anilines is 1. The Balaban J connectivity index is 2.04. The summed E-state index contributed by atoms with van der Waals surface area (Å²) >= 11 is 10.2. The standard InChI is InChI=1S/C22H24BrClN2/c1-5-10-26-21-12-19(24)16(11-17(21)15(2)13-22(26,3)4)14-25-20-9-7-6-8-18(20)23/h6-9,11-14H,5,10H2,1-4H3. The second-order valence-corrected chi connectivity index (χ2v) is 8.49. The van der Waals surface area contributed by atoms with Gasteiger partial charge in [-0.2, -0.15) is 0 Å². The number of para-hydroxylation sites is 1. The maximum atomic E-state index is 6.62. The smallest absolute Gasteiger partial charge is 0.0771 e. The van der Waals surface area contributed by atoms with E-state index in [1.165, 1.54) is 16.8 Å². The first-order valence-corrected chi connectivity index (χ1v) is 10.1. The van der Waals surface area contributed by atoms with Gasteiger partial charge in [0, 0.05) is 34.0 Å². The van der Waals surface area contributed by atoms with Gasteiger partial charge in [-0.1, -0.05) is 36.7 Å². The van der Waals surface area contributed by atoms with E-state index >= 15 is 0 Å². The number of allylic oxidation sites excluding steroid dienone is 1. The molecule has 0 N–H and O–H groups in total. The lowest BCUT2D eigenvalue weighted by Gasteiger charge is -2.43. The van der Waals surface area contributed by atoms with Crippen LogP contribution in [-0.4, -0.2) is 18.3 Å². The van der Waals surface area contributed by atoms with Gasteiger partial charge in [-0.15, -0.1) is 0 Å². The summed E-state index contributed by atoms with van der Waals surface area (Å²) in [6, 6.07) is 12.2. The molecule has 3 rings (SSSR count). The molecule has 4 heteroatoms. The average molecular weight is 432 g/mol. The van der Waals surface area contributed by atoms with Crippen molar-refractivity contribution in [3.8, 4) is 0 Å². The van der Waals surface area contributed by atoms with Crippen LogP contribution in [-0.2, 0) is 0 Å². The summed E-state index contributed by atoms with van der Waals surface area (Å²) < 4.78 is 0.970. The van der Waals surface area contributed by atoms with E-state index < -0.39 is 0 Å². The number of halogens is 2. The Bertz CT molecular complexity index is 884. The van der Waals surface area contributed by atoms with Crippen LogP contribution in [0.25, 0.3) is 5.57 Å². The van der Waals surface area contributed by atoms with Gasteiger partial charge in [0.05, 0.1) is 16.2 Å². The van der Waals surface area contributed by atoms with Gasteiger partial charge < -0.3 is 4.90 Å². The number of fused-ring (bicyclic) bond motifs is 1. The molecule has 136 valence electrons. The summed E-state index contributed by atoms with van der Waals surface area (Å²) in [7, 11) is 0. The molecule has 0 saturated heterocycles. The lowest BCUT2D eigenvalue weighted by atomic mass is 9.88. The fourth-order valence-electron chi connectivity index (χ4n) is 3.54. The molecule has 2 aromatic carbocycles. The Morgan fingerprint density at radius 3 is 2.65 bits per heavy atom. The zero-order chi connectivity index (χ0) is 18.9. The normalized spacial score (nSPS) is 15.9. The van der Waals surface area contributed by atoms with Gasteiger partial charge in [0.1, 0.15) is 0 Å². The van der Waals surface area contributed by atoms with Crippen molar-refractivity contribution in [1.29, 1.82) is 0 Å². The first-order valence-electron chi connectivity index (χ1n) is 8.93. The molecule has 1 aliphatic heterocycles. The summed E-state index contributed by atoms with van der Waals surface area (Å²) in [5, 5.41) is 0.728. The highest BCUT2D eigenvalue weighted by Crippen LogP contribution is 2.41. The predicted octanol–water partition coefficient (Wildman–Crippen LogP) is 7.27. The Hall–Kier alpha value is -1.58. The number of aliphatic imine (C=N–C) groups is 1. The molecule has 0 radical (unpaired) electrons. The van der Waals surface area contributed by atoms with Crippen LogP contribution in [0.3, 0.4) is 0 Å². The van der Waals surface area contributed by atoms with E-state index in [0.717, 1.165) is 33.7 Å². The Kier molecular flexibility index (Phi) is 5.59. The van der Waals surface area contributed by atoms with Gasteiger partial charge in [-0.3, -0.25) is 4.99 Å². The summed E-state index contributed by atoms with van der Waals surface area (Å²) in [6.07, 6.45) is 5.28. The number of rotatable bonds is 4. The zero-order valence-corrected chi connectivity index (χ0v) is 18.0. The zero-order valence-electron chi connectivity index (χ0n) is 15.7. The summed E-state index contributed by atoms with van der Waals surface area (Å²) in [5.41, 5.74) is 5.54. The minimum Gasteiger partial charge on any atom is -0.362 e. The quantitative estimate of drug-likeness (QED) is 0.465. The van der Waals surface area contributed by atoms with Crippen LogP contribution in [0.4, 0.5) is 11.4 Å². The van der Waals surface area contributed by atoms with Crippen LogP contribution in [0.1, 0.15) is 45.2 Å². The van der Waals surface area contributed by atoms with Crippen LogP contribution in [0.2, 0.25) is 5.02 Å². The Morgan fingerprint density at radius 2 is 1.96 bits per heavy atom. The fourth-order valence-corrected chi connectivity index (χ4v) is 4.14. The maximum absolute atomic E-state index is 6.62. The van der Waals surface area contributed by atoms with Gasteiger partial charge in [0.15, 0.2) is 0 Å². The van der Waals surface area contributed by atoms with Crippen molar-refractivity contribution in [1.82, 2.24) is 0 Å². The highest BCUT2D eigenvalue weighted by Gasteiger charge is 2.31. The van der Waals surface area contributed by atoms with Gasteiger partial charge in [-0.25, -0.2) is 0 Å². The van der Waals surface area contributed by atoms with E-state index in [1.54, 1.807) is 0 Å². The van der Waals surface area contributed by atoms with Gasteiger partial charge in [-0.05, 0) is 73.0 Å². The largest absolute Gasteiger partial charge is 0.362 e. The van der Waals surface area contributed by atoms with Crippen molar-refractivity contribution in [3.05, 3.63) is 63.1 Å². The van der Waals surface area contributed by atoms with Crippen molar-refractivity contribution in [2.45, 2.75) is 39.7 Å². The minimum atomic E-state index is -0.0130.